The van der Waals surface area contributed by atoms with Gasteiger partial charge in [-0.3, -0.25) is 5.10 Å². The average Bonchev–Trinajstić information content (AvgIpc) is 2.94. The number of pyridine rings is 1. The molecule has 0 radical (unpaired) electrons. The fraction of sp³-hybridized carbons (Fsp3) is 0.294. The second kappa shape index (κ2) is 4.81. The van der Waals surface area contributed by atoms with E-state index in [4.69, 9.17) is 11.5 Å². The molecule has 112 valence electrons. The molecule has 2 heterocycles. The monoisotopic (exact) mass is 293 g/mol. The van der Waals surface area contributed by atoms with Crippen LogP contribution in [0.1, 0.15) is 24.8 Å². The predicted octanol–water partition coefficient (Wildman–Crippen LogP) is 2.59. The molecule has 0 bridgehead atoms. The molecule has 5 N–H and O–H groups in total. The lowest BCUT2D eigenvalue weighted by Crippen LogP contribution is -2.41. The van der Waals surface area contributed by atoms with Gasteiger partial charge in [-0.1, -0.05) is 12.5 Å². The molecule has 1 fully saturated rings. The summed E-state index contributed by atoms with van der Waals surface area (Å²) in [5.74, 6) is 0. The molecule has 22 heavy (non-hydrogen) atoms. The molecule has 5 heteroatoms. The van der Waals surface area contributed by atoms with E-state index in [0.717, 1.165) is 40.7 Å². The van der Waals surface area contributed by atoms with E-state index in [1.165, 1.54) is 12.0 Å². The highest BCUT2D eigenvalue weighted by molar-refractivity contribution is 5.92. The van der Waals surface area contributed by atoms with Crippen molar-refractivity contribution in [2.75, 3.05) is 12.3 Å². The van der Waals surface area contributed by atoms with Gasteiger partial charge in [-0.2, -0.15) is 5.10 Å². The van der Waals surface area contributed by atoms with Crippen LogP contribution in [0.2, 0.25) is 0 Å². The van der Waals surface area contributed by atoms with Crippen LogP contribution in [0.25, 0.3) is 22.2 Å². The van der Waals surface area contributed by atoms with Crippen LogP contribution in [0.15, 0.2) is 36.7 Å². The van der Waals surface area contributed by atoms with Gasteiger partial charge in [-0.05, 0) is 47.7 Å². The first-order valence-electron chi connectivity index (χ1n) is 7.61. The molecule has 0 atom stereocenters. The summed E-state index contributed by atoms with van der Waals surface area (Å²) in [6, 6.07) is 8.31. The lowest BCUT2D eigenvalue weighted by Gasteiger charge is -2.42. The Labute approximate surface area is 128 Å². The van der Waals surface area contributed by atoms with Crippen molar-refractivity contribution in [2.24, 2.45) is 5.73 Å². The highest BCUT2D eigenvalue weighted by atomic mass is 15.1. The third-order valence-corrected chi connectivity index (χ3v) is 4.93. The van der Waals surface area contributed by atoms with Crippen LogP contribution in [0.3, 0.4) is 0 Å². The molecule has 1 saturated carbocycles. The molecule has 1 aliphatic rings. The van der Waals surface area contributed by atoms with E-state index in [0.29, 0.717) is 6.54 Å². The maximum absolute atomic E-state index is 6.17. The fourth-order valence-corrected chi connectivity index (χ4v) is 3.43. The van der Waals surface area contributed by atoms with Gasteiger partial charge in [0.1, 0.15) is 0 Å². The first kappa shape index (κ1) is 13.3. The SMILES string of the molecule is NCC1(c2cc(N)cc(-c3ccnc4[nH]ncc34)c2)CCC1. The van der Waals surface area contributed by atoms with Gasteiger partial charge >= 0.3 is 0 Å². The van der Waals surface area contributed by atoms with E-state index in [9.17, 15) is 0 Å². The molecule has 1 aliphatic carbocycles. The molecule has 2 aromatic heterocycles. The van der Waals surface area contributed by atoms with Crippen LogP contribution in [-0.4, -0.2) is 21.7 Å². The summed E-state index contributed by atoms with van der Waals surface area (Å²) in [6.45, 7) is 0.674. The number of rotatable bonds is 3. The van der Waals surface area contributed by atoms with Crippen LogP contribution >= 0.6 is 0 Å². The topological polar surface area (TPSA) is 93.6 Å². The Kier molecular flexibility index (Phi) is 2.90. The number of aromatic amines is 1. The zero-order valence-electron chi connectivity index (χ0n) is 12.3. The largest absolute Gasteiger partial charge is 0.399 e. The third kappa shape index (κ3) is 1.89. The third-order valence-electron chi connectivity index (χ3n) is 4.93. The number of nitrogens with one attached hydrogen (secondary N) is 1. The second-order valence-electron chi connectivity index (χ2n) is 6.17. The van der Waals surface area contributed by atoms with E-state index in [-0.39, 0.29) is 5.41 Å². The number of fused-ring (bicyclic) bond motifs is 1. The van der Waals surface area contributed by atoms with Crippen molar-refractivity contribution in [3.8, 4) is 11.1 Å². The zero-order valence-corrected chi connectivity index (χ0v) is 12.3. The minimum Gasteiger partial charge on any atom is -0.399 e. The quantitative estimate of drug-likeness (QED) is 0.647. The van der Waals surface area contributed by atoms with Crippen molar-refractivity contribution in [2.45, 2.75) is 24.7 Å². The van der Waals surface area contributed by atoms with Crippen LogP contribution in [0.5, 0.6) is 0 Å². The highest BCUT2D eigenvalue weighted by Crippen LogP contribution is 2.44. The summed E-state index contributed by atoms with van der Waals surface area (Å²) < 4.78 is 0. The van der Waals surface area contributed by atoms with Crippen molar-refractivity contribution >= 4 is 16.7 Å². The molecule has 0 saturated heterocycles. The molecule has 0 unspecified atom stereocenters. The predicted molar refractivity (Wildman–Crippen MR) is 88.3 cm³/mol. The molecular weight excluding hydrogens is 274 g/mol. The number of benzene rings is 1. The fourth-order valence-electron chi connectivity index (χ4n) is 3.43. The normalized spacial score (nSPS) is 16.6. The Morgan fingerprint density at radius 1 is 1.23 bits per heavy atom. The molecule has 4 rings (SSSR count). The number of hydrogen-bond acceptors (Lipinski definition) is 4. The van der Waals surface area contributed by atoms with Crippen LogP contribution in [0.4, 0.5) is 5.69 Å². The van der Waals surface area contributed by atoms with Crippen molar-refractivity contribution in [3.63, 3.8) is 0 Å². The maximum atomic E-state index is 6.17. The van der Waals surface area contributed by atoms with Gasteiger partial charge in [-0.15, -0.1) is 0 Å². The summed E-state index contributed by atoms with van der Waals surface area (Å²) in [5.41, 5.74) is 17.3. The minimum atomic E-state index is 0.104. The van der Waals surface area contributed by atoms with Gasteiger partial charge in [-0.25, -0.2) is 4.98 Å². The Morgan fingerprint density at radius 3 is 2.82 bits per heavy atom. The molecule has 0 amide bonds. The second-order valence-corrected chi connectivity index (χ2v) is 6.17. The van der Waals surface area contributed by atoms with Crippen molar-refractivity contribution < 1.29 is 0 Å². The van der Waals surface area contributed by atoms with Gasteiger partial charge < -0.3 is 11.5 Å². The van der Waals surface area contributed by atoms with Gasteiger partial charge in [0, 0.05) is 29.2 Å². The van der Waals surface area contributed by atoms with E-state index in [1.54, 1.807) is 6.20 Å². The molecule has 5 nitrogen and oxygen atoms in total. The summed E-state index contributed by atoms with van der Waals surface area (Å²) in [7, 11) is 0. The van der Waals surface area contributed by atoms with Gasteiger partial charge in [0.2, 0.25) is 0 Å². The Morgan fingerprint density at radius 2 is 2.09 bits per heavy atom. The number of anilines is 1. The van der Waals surface area contributed by atoms with Crippen molar-refractivity contribution in [3.05, 3.63) is 42.2 Å². The number of H-pyrrole nitrogens is 1. The first-order chi connectivity index (χ1) is 10.7. The summed E-state index contributed by atoms with van der Waals surface area (Å²) in [5, 5.41) is 8.00. The molecule has 1 aromatic carbocycles. The molecule has 3 aromatic rings. The van der Waals surface area contributed by atoms with Crippen molar-refractivity contribution in [1.82, 2.24) is 15.2 Å². The van der Waals surface area contributed by atoms with Crippen LogP contribution < -0.4 is 11.5 Å². The van der Waals surface area contributed by atoms with E-state index in [1.807, 2.05) is 18.3 Å². The lowest BCUT2D eigenvalue weighted by molar-refractivity contribution is 0.253. The van der Waals surface area contributed by atoms with Crippen molar-refractivity contribution in [1.29, 1.82) is 0 Å². The van der Waals surface area contributed by atoms with Gasteiger partial charge in [0.25, 0.3) is 0 Å². The summed E-state index contributed by atoms with van der Waals surface area (Å²) in [6.07, 6.45) is 7.12. The van der Waals surface area contributed by atoms with Gasteiger partial charge in [0.05, 0.1) is 6.20 Å². The van der Waals surface area contributed by atoms with E-state index in [2.05, 4.69) is 27.3 Å². The molecule has 0 spiro atoms. The molecule has 0 aliphatic heterocycles. The first-order valence-corrected chi connectivity index (χ1v) is 7.61. The number of nitrogens with zero attached hydrogens (tertiary/aromatic N) is 2. The Bertz CT molecular complexity index is 826. The lowest BCUT2D eigenvalue weighted by atomic mass is 9.64. The number of nitrogens with two attached hydrogens (primary N) is 2. The number of hydrogen-bond donors (Lipinski definition) is 3. The Balaban J connectivity index is 1.89. The smallest absolute Gasteiger partial charge is 0.155 e. The summed E-state index contributed by atoms with van der Waals surface area (Å²) >= 11 is 0. The average molecular weight is 293 g/mol. The Hall–Kier alpha value is -2.40. The standard InChI is InChI=1S/C17H19N5/c18-10-17(3-1-4-17)12-6-11(7-13(19)8-12)14-2-5-20-16-15(14)9-21-22-16/h2,5-9H,1,3-4,10,18-19H2,(H,20,21,22). The van der Waals surface area contributed by atoms with Crippen LogP contribution in [0, 0.1) is 0 Å². The van der Waals surface area contributed by atoms with E-state index >= 15 is 0 Å². The minimum absolute atomic E-state index is 0.104. The maximum Gasteiger partial charge on any atom is 0.155 e. The highest BCUT2D eigenvalue weighted by Gasteiger charge is 2.37. The summed E-state index contributed by atoms with van der Waals surface area (Å²) in [4.78, 5) is 4.30. The van der Waals surface area contributed by atoms with Crippen LogP contribution in [-0.2, 0) is 5.41 Å². The number of aromatic nitrogens is 3. The van der Waals surface area contributed by atoms with E-state index < -0.39 is 0 Å². The molecular formula is C17H19N5. The van der Waals surface area contributed by atoms with Gasteiger partial charge in [0.15, 0.2) is 5.65 Å². The zero-order chi connectivity index (χ0) is 15.2. The number of nitrogen functional groups attached to an aromatic ring is 1.